The Morgan fingerprint density at radius 3 is 2.58 bits per heavy atom. The number of amides is 1. The van der Waals surface area contributed by atoms with Crippen molar-refractivity contribution in [2.45, 2.75) is 13.2 Å². The van der Waals surface area contributed by atoms with E-state index in [-0.39, 0.29) is 18.1 Å². The third kappa shape index (κ3) is 3.39. The average Bonchev–Trinajstić information content (AvgIpc) is 2.47. The highest BCUT2D eigenvalue weighted by molar-refractivity contribution is 5.94. The summed E-state index contributed by atoms with van der Waals surface area (Å²) in [5.41, 5.74) is 1.55. The minimum Gasteiger partial charge on any atom is -0.392 e. The summed E-state index contributed by atoms with van der Waals surface area (Å²) in [4.78, 5) is 11.8. The minimum absolute atomic E-state index is 0.185. The molecule has 0 saturated carbocycles. The standard InChI is InChI=1S/C15H14FNO2/c16-14-7-6-11(8-13(14)10-18)9-17-15(19)12-4-2-1-3-5-12/h1-8,18H,9-10H2,(H,17,19). The van der Waals surface area contributed by atoms with Gasteiger partial charge in [0.2, 0.25) is 0 Å². The maximum Gasteiger partial charge on any atom is 0.251 e. The molecule has 2 rings (SSSR count). The summed E-state index contributed by atoms with van der Waals surface area (Å²) in [5.74, 6) is -0.629. The van der Waals surface area contributed by atoms with Crippen LogP contribution in [0.4, 0.5) is 4.39 Å². The number of rotatable bonds is 4. The maximum atomic E-state index is 13.2. The molecule has 98 valence electrons. The van der Waals surface area contributed by atoms with Crippen molar-refractivity contribution < 1.29 is 14.3 Å². The van der Waals surface area contributed by atoms with Crippen molar-refractivity contribution in [3.8, 4) is 0 Å². The molecular formula is C15H14FNO2. The molecule has 19 heavy (non-hydrogen) atoms. The van der Waals surface area contributed by atoms with Gasteiger partial charge in [-0.1, -0.05) is 24.3 Å². The molecule has 0 aliphatic rings. The number of carbonyl (C=O) groups excluding carboxylic acids is 1. The first-order valence-electron chi connectivity index (χ1n) is 5.92. The second-order valence-electron chi connectivity index (χ2n) is 4.13. The fraction of sp³-hybridized carbons (Fsp3) is 0.133. The van der Waals surface area contributed by atoms with Gasteiger partial charge in [0.1, 0.15) is 5.82 Å². The third-order valence-electron chi connectivity index (χ3n) is 2.77. The zero-order valence-electron chi connectivity index (χ0n) is 10.3. The summed E-state index contributed by atoms with van der Waals surface area (Å²) >= 11 is 0. The second-order valence-corrected chi connectivity index (χ2v) is 4.13. The zero-order valence-corrected chi connectivity index (χ0v) is 10.3. The van der Waals surface area contributed by atoms with Gasteiger partial charge in [-0.3, -0.25) is 4.79 Å². The largest absolute Gasteiger partial charge is 0.392 e. The van der Waals surface area contributed by atoms with Crippen LogP contribution in [0.1, 0.15) is 21.5 Å². The normalized spacial score (nSPS) is 10.2. The summed E-state index contributed by atoms with van der Waals surface area (Å²) < 4.78 is 13.2. The number of halogens is 1. The quantitative estimate of drug-likeness (QED) is 0.884. The van der Waals surface area contributed by atoms with Gasteiger partial charge in [0.05, 0.1) is 6.61 Å². The molecule has 0 aliphatic carbocycles. The summed E-state index contributed by atoms with van der Waals surface area (Å²) in [6.07, 6.45) is 0. The van der Waals surface area contributed by atoms with E-state index in [1.807, 2.05) is 6.07 Å². The summed E-state index contributed by atoms with van der Waals surface area (Å²) in [6, 6.07) is 13.3. The molecule has 0 unspecified atom stereocenters. The number of carbonyl (C=O) groups is 1. The summed E-state index contributed by atoms with van der Waals surface area (Å²) in [6.45, 7) is -0.0622. The van der Waals surface area contributed by atoms with Crippen molar-refractivity contribution in [1.29, 1.82) is 0 Å². The molecule has 2 aromatic carbocycles. The lowest BCUT2D eigenvalue weighted by molar-refractivity contribution is 0.0951. The van der Waals surface area contributed by atoms with Gasteiger partial charge in [0.25, 0.3) is 5.91 Å². The highest BCUT2D eigenvalue weighted by Gasteiger charge is 2.06. The van der Waals surface area contributed by atoms with Gasteiger partial charge in [-0.05, 0) is 29.8 Å². The Labute approximate surface area is 110 Å². The Morgan fingerprint density at radius 1 is 1.16 bits per heavy atom. The monoisotopic (exact) mass is 259 g/mol. The molecule has 2 aromatic rings. The van der Waals surface area contributed by atoms with E-state index in [1.54, 1.807) is 36.4 Å². The van der Waals surface area contributed by atoms with E-state index in [1.165, 1.54) is 6.07 Å². The van der Waals surface area contributed by atoms with Crippen LogP contribution in [0.3, 0.4) is 0 Å². The van der Waals surface area contributed by atoms with Crippen LogP contribution in [0.15, 0.2) is 48.5 Å². The zero-order chi connectivity index (χ0) is 13.7. The molecule has 0 radical (unpaired) electrons. The Balaban J connectivity index is 2.01. The van der Waals surface area contributed by atoms with Gasteiger partial charge < -0.3 is 10.4 Å². The molecule has 2 N–H and O–H groups in total. The van der Waals surface area contributed by atoms with Crippen molar-refractivity contribution >= 4 is 5.91 Å². The average molecular weight is 259 g/mol. The van der Waals surface area contributed by atoms with Crippen molar-refractivity contribution in [2.75, 3.05) is 0 Å². The number of nitrogens with one attached hydrogen (secondary N) is 1. The van der Waals surface area contributed by atoms with E-state index in [2.05, 4.69) is 5.32 Å². The van der Waals surface area contributed by atoms with E-state index in [0.29, 0.717) is 12.1 Å². The number of hydrogen-bond donors (Lipinski definition) is 2. The van der Waals surface area contributed by atoms with Gasteiger partial charge >= 0.3 is 0 Å². The van der Waals surface area contributed by atoms with E-state index in [4.69, 9.17) is 5.11 Å². The fourth-order valence-electron chi connectivity index (χ4n) is 1.73. The fourth-order valence-corrected chi connectivity index (χ4v) is 1.73. The highest BCUT2D eigenvalue weighted by Crippen LogP contribution is 2.10. The molecule has 1 amide bonds. The van der Waals surface area contributed by atoms with Crippen LogP contribution >= 0.6 is 0 Å². The Hall–Kier alpha value is -2.20. The second kappa shape index (κ2) is 6.11. The van der Waals surface area contributed by atoms with Gasteiger partial charge in [0.15, 0.2) is 0 Å². The molecule has 0 saturated heterocycles. The Kier molecular flexibility index (Phi) is 4.26. The first-order chi connectivity index (χ1) is 9.20. The van der Waals surface area contributed by atoms with Crippen LogP contribution in [-0.2, 0) is 13.2 Å². The van der Waals surface area contributed by atoms with Crippen LogP contribution in [0.25, 0.3) is 0 Å². The van der Waals surface area contributed by atoms with Gasteiger partial charge in [-0.2, -0.15) is 0 Å². The van der Waals surface area contributed by atoms with Gasteiger partial charge in [-0.25, -0.2) is 4.39 Å². The highest BCUT2D eigenvalue weighted by atomic mass is 19.1. The molecular weight excluding hydrogens is 245 g/mol. The number of benzene rings is 2. The van der Waals surface area contributed by atoms with Crippen molar-refractivity contribution in [3.05, 3.63) is 71.0 Å². The predicted octanol–water partition coefficient (Wildman–Crippen LogP) is 2.25. The lowest BCUT2D eigenvalue weighted by Crippen LogP contribution is -2.22. The van der Waals surface area contributed by atoms with E-state index in [0.717, 1.165) is 5.56 Å². The van der Waals surface area contributed by atoms with Gasteiger partial charge in [0, 0.05) is 17.7 Å². The topological polar surface area (TPSA) is 49.3 Å². The van der Waals surface area contributed by atoms with Crippen LogP contribution in [0, 0.1) is 5.82 Å². The van der Waals surface area contributed by atoms with E-state index >= 15 is 0 Å². The van der Waals surface area contributed by atoms with Crippen LogP contribution in [-0.4, -0.2) is 11.0 Å². The molecule has 0 aromatic heterocycles. The lowest BCUT2D eigenvalue weighted by Gasteiger charge is -2.07. The number of aliphatic hydroxyl groups excluding tert-OH is 1. The van der Waals surface area contributed by atoms with Crippen molar-refractivity contribution in [1.82, 2.24) is 5.32 Å². The minimum atomic E-state index is -0.444. The Bertz CT molecular complexity index is 570. The first-order valence-corrected chi connectivity index (χ1v) is 5.92. The maximum absolute atomic E-state index is 13.2. The van der Waals surface area contributed by atoms with Crippen LogP contribution < -0.4 is 5.32 Å². The van der Waals surface area contributed by atoms with Crippen molar-refractivity contribution in [3.63, 3.8) is 0 Å². The van der Waals surface area contributed by atoms with E-state index < -0.39 is 5.82 Å². The van der Waals surface area contributed by atoms with Gasteiger partial charge in [-0.15, -0.1) is 0 Å². The molecule has 0 bridgehead atoms. The first kappa shape index (κ1) is 13.2. The molecule has 0 fully saturated rings. The smallest absolute Gasteiger partial charge is 0.251 e. The van der Waals surface area contributed by atoms with Crippen LogP contribution in [0.5, 0.6) is 0 Å². The predicted molar refractivity (Wildman–Crippen MR) is 69.9 cm³/mol. The summed E-state index contributed by atoms with van der Waals surface area (Å²) in [5, 5.41) is 11.7. The van der Waals surface area contributed by atoms with Crippen molar-refractivity contribution in [2.24, 2.45) is 0 Å². The van der Waals surface area contributed by atoms with E-state index in [9.17, 15) is 9.18 Å². The van der Waals surface area contributed by atoms with Crippen LogP contribution in [0.2, 0.25) is 0 Å². The molecule has 0 heterocycles. The molecule has 0 spiro atoms. The molecule has 0 aliphatic heterocycles. The third-order valence-corrected chi connectivity index (χ3v) is 2.77. The number of aliphatic hydroxyl groups is 1. The molecule has 3 nitrogen and oxygen atoms in total. The lowest BCUT2D eigenvalue weighted by atomic mass is 10.1. The number of hydrogen-bond acceptors (Lipinski definition) is 2. The molecule has 4 heteroatoms. The SMILES string of the molecule is O=C(NCc1ccc(F)c(CO)c1)c1ccccc1. The molecule has 0 atom stereocenters. The summed E-state index contributed by atoms with van der Waals surface area (Å²) in [7, 11) is 0. The Morgan fingerprint density at radius 2 is 1.89 bits per heavy atom.